The second kappa shape index (κ2) is 11.8. The van der Waals surface area contributed by atoms with E-state index in [9.17, 15) is 22.9 Å². The molecule has 8 nitrogen and oxygen atoms in total. The molecule has 0 spiro atoms. The quantitative estimate of drug-likeness (QED) is 0.149. The zero-order valence-electron chi connectivity index (χ0n) is 21.3. The lowest BCUT2D eigenvalue weighted by molar-refractivity contribution is -0.114. The van der Waals surface area contributed by atoms with Crippen molar-refractivity contribution in [3.8, 4) is 11.3 Å². The van der Waals surface area contributed by atoms with Crippen molar-refractivity contribution in [2.45, 2.75) is 30.6 Å². The number of rotatable bonds is 9. The molecule has 0 fully saturated rings. The number of halogens is 3. The van der Waals surface area contributed by atoms with Crippen LogP contribution in [0.3, 0.4) is 0 Å². The number of carbonyl (C=O) groups excluding carboxylic acids is 1. The molecule has 0 saturated carbocycles. The number of nitrogens with zero attached hydrogens (tertiary/aromatic N) is 2. The van der Waals surface area contributed by atoms with Crippen molar-refractivity contribution in [3.05, 3.63) is 105 Å². The Hall–Kier alpha value is -3.02. The van der Waals surface area contributed by atoms with Gasteiger partial charge in [-0.25, -0.2) is 4.79 Å². The van der Waals surface area contributed by atoms with E-state index < -0.39 is 18.8 Å². The Morgan fingerprint density at radius 3 is 2.33 bits per heavy atom. The van der Waals surface area contributed by atoms with Gasteiger partial charge in [0.1, 0.15) is 0 Å². The predicted octanol–water partition coefficient (Wildman–Crippen LogP) is 6.08. The van der Waals surface area contributed by atoms with Gasteiger partial charge >= 0.3 is 18.9 Å². The topological polar surface area (TPSA) is 114 Å². The van der Waals surface area contributed by atoms with Crippen LogP contribution in [-0.2, 0) is 28.1 Å². The van der Waals surface area contributed by atoms with Gasteiger partial charge < -0.3 is 15.1 Å². The van der Waals surface area contributed by atoms with E-state index in [1.54, 1.807) is 36.2 Å². The Bertz CT molecular complexity index is 1670. The first-order chi connectivity index (χ1) is 18.8. The summed E-state index contributed by atoms with van der Waals surface area (Å²) in [6.45, 7) is 1.63. The third-order valence-corrected chi connectivity index (χ3v) is 8.47. The molecule has 0 bridgehead atoms. The van der Waals surface area contributed by atoms with Gasteiger partial charge in [-0.2, -0.15) is 8.78 Å². The summed E-state index contributed by atoms with van der Waals surface area (Å²) in [5.74, 6) is -0.216. The van der Waals surface area contributed by atoms with Crippen molar-refractivity contribution in [2.24, 2.45) is 0 Å². The van der Waals surface area contributed by atoms with Gasteiger partial charge in [0.15, 0.2) is 0 Å². The van der Waals surface area contributed by atoms with Crippen molar-refractivity contribution in [1.82, 2.24) is 9.13 Å². The summed E-state index contributed by atoms with van der Waals surface area (Å²) in [6, 6.07) is 18.3. The molecule has 0 aliphatic rings. The van der Waals surface area contributed by atoms with Crippen LogP contribution >= 0.6 is 35.3 Å². The van der Waals surface area contributed by atoms with Crippen molar-refractivity contribution in [3.63, 3.8) is 0 Å². The van der Waals surface area contributed by atoms with Crippen LogP contribution in [0.1, 0.15) is 23.6 Å². The van der Waals surface area contributed by atoms with Gasteiger partial charge in [0.05, 0.1) is 18.8 Å². The molecule has 0 saturated heterocycles. The summed E-state index contributed by atoms with van der Waals surface area (Å²) in [5.41, 5.74) is -2.37. The van der Waals surface area contributed by atoms with Gasteiger partial charge in [-0.15, -0.1) is 11.8 Å². The maximum Gasteiger partial charge on any atom is 0.399 e. The Morgan fingerprint density at radius 1 is 1.05 bits per heavy atom. The molecular weight excluding hydrogens is 627 g/mol. The van der Waals surface area contributed by atoms with Crippen molar-refractivity contribution in [1.29, 1.82) is 0 Å². The molecule has 1 aromatic heterocycles. The monoisotopic (exact) mass is 651 g/mol. The molecule has 1 amide bonds. The fraction of sp³-hybridized carbons (Fsp3) is 0.185. The van der Waals surface area contributed by atoms with E-state index in [0.717, 1.165) is 22.1 Å². The summed E-state index contributed by atoms with van der Waals surface area (Å²) in [5, 5.41) is 2.72. The van der Waals surface area contributed by atoms with Crippen molar-refractivity contribution < 1.29 is 27.9 Å². The van der Waals surface area contributed by atoms with Crippen LogP contribution in [0.5, 0.6) is 0 Å². The van der Waals surface area contributed by atoms with E-state index in [-0.39, 0.29) is 29.2 Å². The summed E-state index contributed by atoms with van der Waals surface area (Å²) < 4.78 is 42.8. The van der Waals surface area contributed by atoms with Crippen molar-refractivity contribution >= 4 is 46.9 Å². The number of alkyl halides is 2. The maximum absolute atomic E-state index is 14.3. The second-order valence-corrected chi connectivity index (χ2v) is 12.4. The van der Waals surface area contributed by atoms with E-state index in [1.165, 1.54) is 28.2 Å². The van der Waals surface area contributed by atoms with Crippen LogP contribution in [0.15, 0.2) is 87.1 Å². The maximum atomic E-state index is 14.3. The lowest BCUT2D eigenvalue weighted by atomic mass is 10.1. The summed E-state index contributed by atoms with van der Waals surface area (Å²) >= 11 is 4.59. The van der Waals surface area contributed by atoms with E-state index >= 15 is 0 Å². The molecule has 4 rings (SSSR count). The number of amides is 1. The third-order valence-electron chi connectivity index (χ3n) is 6.10. The van der Waals surface area contributed by atoms with E-state index in [1.807, 2.05) is 36.6 Å². The molecule has 210 valence electrons. The normalized spacial score (nSPS) is 12.0. The summed E-state index contributed by atoms with van der Waals surface area (Å²) in [4.78, 5) is 44.3. The van der Waals surface area contributed by atoms with E-state index in [2.05, 4.69) is 21.2 Å². The smallest absolute Gasteiger partial charge is 0.326 e. The highest BCUT2D eigenvalue weighted by atomic mass is 79.9. The van der Waals surface area contributed by atoms with E-state index in [0.29, 0.717) is 16.9 Å². The fourth-order valence-electron chi connectivity index (χ4n) is 4.18. The highest BCUT2D eigenvalue weighted by Gasteiger charge is 2.51. The minimum Gasteiger partial charge on any atom is -0.326 e. The molecule has 0 radical (unpaired) electrons. The number of hydrogen-bond acceptors (Lipinski definition) is 4. The number of imidazole rings is 1. The zero-order chi connectivity index (χ0) is 29.2. The Kier molecular flexibility index (Phi) is 8.86. The number of anilines is 1. The van der Waals surface area contributed by atoms with Crippen LogP contribution in [-0.4, -0.2) is 31.1 Å². The van der Waals surface area contributed by atoms with E-state index in [4.69, 9.17) is 9.79 Å². The number of carbonyl (C=O) groups is 1. The van der Waals surface area contributed by atoms with Crippen LogP contribution in [0.4, 0.5) is 14.5 Å². The number of thioether (sulfide) groups is 1. The number of nitrogens with one attached hydrogen (secondary N) is 1. The summed E-state index contributed by atoms with van der Waals surface area (Å²) in [7, 11) is -5.75. The predicted molar refractivity (Wildman–Crippen MR) is 155 cm³/mol. The lowest BCUT2D eigenvalue weighted by Crippen LogP contribution is -2.25. The van der Waals surface area contributed by atoms with Crippen LogP contribution in [0.2, 0.25) is 0 Å². The summed E-state index contributed by atoms with van der Waals surface area (Å²) in [6.07, 6.45) is 3.67. The first kappa shape index (κ1) is 30.0. The molecule has 0 atom stereocenters. The highest BCUT2D eigenvalue weighted by molar-refractivity contribution is 9.10. The first-order valence-electron chi connectivity index (χ1n) is 11.8. The van der Waals surface area contributed by atoms with Crippen molar-refractivity contribution in [2.75, 3.05) is 11.6 Å². The minimum atomic E-state index is -5.75. The molecule has 40 heavy (non-hydrogen) atoms. The highest BCUT2D eigenvalue weighted by Crippen LogP contribution is 2.60. The number of aromatic nitrogens is 2. The molecule has 0 aliphatic heterocycles. The zero-order valence-corrected chi connectivity index (χ0v) is 24.6. The number of benzene rings is 3. The molecule has 0 unspecified atom stereocenters. The van der Waals surface area contributed by atoms with Crippen LogP contribution in [0, 0.1) is 0 Å². The Morgan fingerprint density at radius 2 is 1.73 bits per heavy atom. The fourth-order valence-corrected chi connectivity index (χ4v) is 5.92. The Labute approximate surface area is 241 Å². The average molecular weight is 652 g/mol. The minimum absolute atomic E-state index is 0.0116. The average Bonchev–Trinajstić information content (AvgIpc) is 3.17. The molecule has 0 aliphatic carbocycles. The number of hydrogen-bond donors (Lipinski definition) is 3. The van der Waals surface area contributed by atoms with Gasteiger partial charge in [-0.05, 0) is 53.3 Å². The molecule has 3 N–H and O–H groups in total. The third kappa shape index (κ3) is 6.47. The standard InChI is InChI=1S/C27H25BrF2N3O5PS/c1-17(34)31-21-5-3-4-18(12-21)14-32-16-25(20-7-9-22(40-2)10-8-20)33(26(32)35)15-19-6-11-23(24(28)13-19)27(29,30)39(36,37)38/h3-13,16H,14-15H2,1-2H3,(H,31,34)(H2,36,37,38). The second-order valence-electron chi connectivity index (χ2n) is 9.02. The van der Waals surface area contributed by atoms with Crippen LogP contribution in [0.25, 0.3) is 11.3 Å². The molecule has 3 aromatic carbocycles. The Balaban J connectivity index is 1.75. The SMILES string of the molecule is CSc1ccc(-c2cn(Cc3cccc(NC(C)=O)c3)c(=O)n2Cc2ccc(C(F)(F)P(=O)(O)O)c(Br)c2)cc1. The first-order valence-corrected chi connectivity index (χ1v) is 15.5. The van der Waals surface area contributed by atoms with Gasteiger partial charge in [-0.3, -0.25) is 18.5 Å². The van der Waals surface area contributed by atoms with Gasteiger partial charge in [0, 0.05) is 33.7 Å². The molecule has 13 heteroatoms. The van der Waals surface area contributed by atoms with Gasteiger partial charge in [0.2, 0.25) is 5.91 Å². The lowest BCUT2D eigenvalue weighted by Gasteiger charge is -2.19. The molecule has 1 heterocycles. The largest absolute Gasteiger partial charge is 0.399 e. The van der Waals surface area contributed by atoms with Gasteiger partial charge in [-0.1, -0.05) is 52.3 Å². The van der Waals surface area contributed by atoms with Crippen LogP contribution < -0.4 is 11.0 Å². The van der Waals surface area contributed by atoms with Gasteiger partial charge in [0.25, 0.3) is 0 Å². The molecule has 4 aromatic rings. The molecular formula is C27H25BrF2N3O5PS.